The first kappa shape index (κ1) is 49.7. The van der Waals surface area contributed by atoms with Crippen molar-refractivity contribution in [2.24, 2.45) is 0 Å². The second kappa shape index (κ2) is 20.4. The zero-order valence-corrected chi connectivity index (χ0v) is 40.3. The average molecular weight is 995 g/mol. The van der Waals surface area contributed by atoms with Crippen LogP contribution >= 0.6 is 14.1 Å². The molecule has 7 aromatic rings. The van der Waals surface area contributed by atoms with Crippen molar-refractivity contribution in [3.8, 4) is 5.75 Å². The van der Waals surface area contributed by atoms with Crippen molar-refractivity contribution in [2.45, 2.75) is 88.8 Å². The van der Waals surface area contributed by atoms with Crippen LogP contribution in [0.4, 0.5) is 26.3 Å². The van der Waals surface area contributed by atoms with Gasteiger partial charge in [-0.05, 0) is 0 Å². The number of hydrogen-bond acceptors (Lipinski definition) is 5. The topological polar surface area (TPSA) is 46.2 Å². The molecule has 0 amide bonds. The van der Waals surface area contributed by atoms with Crippen LogP contribution in [0.2, 0.25) is 0 Å². The molecule has 0 radical (unpaired) electrons. The Labute approximate surface area is 406 Å². The van der Waals surface area contributed by atoms with Gasteiger partial charge in [-0.3, -0.25) is 0 Å². The summed E-state index contributed by atoms with van der Waals surface area (Å²) >= 11 is 0. The van der Waals surface area contributed by atoms with E-state index in [1.54, 1.807) is 0 Å². The molecule has 2 aliphatic rings. The van der Waals surface area contributed by atoms with Crippen LogP contribution in [0.3, 0.4) is 0 Å². The van der Waals surface area contributed by atoms with Crippen LogP contribution in [-0.2, 0) is 30.3 Å². The van der Waals surface area contributed by atoms with Gasteiger partial charge in [0, 0.05) is 0 Å². The number of rotatable bonds is 16. The molecule has 0 aliphatic heterocycles. The second-order valence-electron chi connectivity index (χ2n) is 18.0. The first-order valence-corrected chi connectivity index (χ1v) is 28.1. The summed E-state index contributed by atoms with van der Waals surface area (Å²) in [7, 11) is -12.5. The zero-order chi connectivity index (χ0) is 48.8. The third kappa shape index (κ3) is 9.47. The normalized spacial score (nSPS) is 16.6. The molecular weight excluding hydrogens is 939 g/mol. The SMILES string of the molecule is FC(F)(F)c1cc(OB(OP(OC2CCCCC2)(c2ccccc2)(c2ccccc2)c2ccccc2)OP(OC2CCCCC2)(c2ccccc2)(c2ccccc2)c2ccccc2)cc(C(F)(F)F)c1. The fraction of sp³-hybridized carbons (Fsp3) is 0.250. The number of alkyl halides is 6. The summed E-state index contributed by atoms with van der Waals surface area (Å²) in [5.41, 5.74) is -3.13. The van der Waals surface area contributed by atoms with Gasteiger partial charge in [-0.1, -0.05) is 0 Å². The molecule has 0 bridgehead atoms. The first-order chi connectivity index (χ1) is 33.8. The molecule has 2 fully saturated rings. The van der Waals surface area contributed by atoms with Gasteiger partial charge in [0.1, 0.15) is 0 Å². The van der Waals surface area contributed by atoms with Gasteiger partial charge in [0.25, 0.3) is 0 Å². The molecule has 364 valence electrons. The van der Waals surface area contributed by atoms with Crippen LogP contribution in [0.25, 0.3) is 0 Å². The predicted octanol–water partition coefficient (Wildman–Crippen LogP) is 13.5. The fourth-order valence-electron chi connectivity index (χ4n) is 10.3. The third-order valence-corrected chi connectivity index (χ3v) is 23.5. The van der Waals surface area contributed by atoms with Crippen LogP contribution in [-0.4, -0.2) is 19.5 Å². The molecule has 0 saturated heterocycles. The Kier molecular flexibility index (Phi) is 14.5. The van der Waals surface area contributed by atoms with Crippen molar-refractivity contribution >= 4 is 53.3 Å². The molecule has 7 aromatic carbocycles. The van der Waals surface area contributed by atoms with E-state index >= 15 is 0 Å². The molecule has 0 spiro atoms. The molecule has 0 heterocycles. The van der Waals surface area contributed by atoms with E-state index in [9.17, 15) is 26.3 Å². The van der Waals surface area contributed by atoms with E-state index in [2.05, 4.69) is 0 Å². The summed E-state index contributed by atoms with van der Waals surface area (Å²) in [6.45, 7) is 0. The second-order valence-corrected chi connectivity index (χ2v) is 25.8. The monoisotopic (exact) mass is 994 g/mol. The van der Waals surface area contributed by atoms with Gasteiger partial charge >= 0.3 is 408 Å². The van der Waals surface area contributed by atoms with Gasteiger partial charge in [0.2, 0.25) is 0 Å². The number of benzene rings is 7. The third-order valence-electron chi connectivity index (χ3n) is 13.5. The van der Waals surface area contributed by atoms with Gasteiger partial charge in [-0.2, -0.15) is 0 Å². The van der Waals surface area contributed by atoms with E-state index in [1.807, 2.05) is 182 Å². The van der Waals surface area contributed by atoms with Crippen molar-refractivity contribution < 1.29 is 48.9 Å². The molecule has 0 N–H and O–H groups in total. The van der Waals surface area contributed by atoms with E-state index in [0.717, 1.165) is 38.5 Å². The summed E-state index contributed by atoms with van der Waals surface area (Å²) in [4.78, 5) is 0. The van der Waals surface area contributed by atoms with E-state index in [1.165, 1.54) is 0 Å². The predicted molar refractivity (Wildman–Crippen MR) is 271 cm³/mol. The van der Waals surface area contributed by atoms with E-state index in [-0.39, 0.29) is 6.07 Å². The Morgan fingerprint density at radius 3 is 0.857 bits per heavy atom. The van der Waals surface area contributed by atoms with Gasteiger partial charge in [-0.15, -0.1) is 0 Å². The molecule has 5 nitrogen and oxygen atoms in total. The molecule has 2 aliphatic carbocycles. The van der Waals surface area contributed by atoms with Crippen LogP contribution < -0.4 is 36.5 Å². The van der Waals surface area contributed by atoms with Crippen molar-refractivity contribution in [3.05, 3.63) is 211 Å². The van der Waals surface area contributed by atoms with E-state index in [0.29, 0.717) is 69.6 Å². The van der Waals surface area contributed by atoms with Crippen LogP contribution in [0.1, 0.15) is 75.3 Å². The van der Waals surface area contributed by atoms with Crippen molar-refractivity contribution in [1.29, 1.82) is 0 Å². The Morgan fingerprint density at radius 1 is 0.357 bits per heavy atom. The molecule has 0 unspecified atom stereocenters. The molecule has 9 rings (SSSR count). The standard InChI is InChI=1S/C56H55BF6O5P2/c58-55(59,60)44-41-45(56(61,62)63)43-48(42-44)64-57(67-69(49-29-13-3-14-30-49,50-31-15-4-16-32-50,51-33-17-5-18-34-51)65-46-25-9-1-10-26-46)68-70(52-35-19-6-20-36-52,53-37-21-7-22-38-53,54-39-23-8-24-40-54)66-47-27-11-2-12-28-47/h3-8,13-24,29-43,46-47H,1-2,9-12,25-28H2. The summed E-state index contributed by atoms with van der Waals surface area (Å²) in [6.07, 6.45) is -3.17. The molecule has 70 heavy (non-hydrogen) atoms. The quantitative estimate of drug-likeness (QED) is 0.0548. The molecule has 14 heteroatoms. The number of hydrogen-bond donors (Lipinski definition) is 0. The summed E-state index contributed by atoms with van der Waals surface area (Å²) in [5, 5.41) is 3.42. The Balaban J connectivity index is 1.44. The summed E-state index contributed by atoms with van der Waals surface area (Å²) in [5.74, 6) is -0.793. The van der Waals surface area contributed by atoms with Gasteiger partial charge in [0.05, 0.1) is 0 Å². The maximum absolute atomic E-state index is 14.9. The fourth-order valence-corrected chi connectivity index (χ4v) is 20.4. The maximum atomic E-state index is 14.9. The van der Waals surface area contributed by atoms with E-state index < -0.39 is 62.9 Å². The van der Waals surface area contributed by atoms with E-state index in [4.69, 9.17) is 22.6 Å². The average Bonchev–Trinajstić information content (AvgIpc) is 3.40. The van der Waals surface area contributed by atoms with Gasteiger partial charge in [-0.25, -0.2) is 0 Å². The summed E-state index contributed by atoms with van der Waals surface area (Å²) in [6, 6.07) is 57.5. The van der Waals surface area contributed by atoms with Gasteiger partial charge < -0.3 is 0 Å². The minimum atomic E-state index is -5.20. The van der Waals surface area contributed by atoms with Crippen molar-refractivity contribution in [2.75, 3.05) is 0 Å². The Bertz CT molecular complexity index is 2400. The first-order valence-electron chi connectivity index (χ1n) is 23.9. The van der Waals surface area contributed by atoms with Crippen molar-refractivity contribution in [1.82, 2.24) is 0 Å². The van der Waals surface area contributed by atoms with Crippen LogP contribution in [0.15, 0.2) is 200 Å². The van der Waals surface area contributed by atoms with Crippen LogP contribution in [0.5, 0.6) is 5.75 Å². The van der Waals surface area contributed by atoms with Crippen molar-refractivity contribution in [3.63, 3.8) is 0 Å². The number of halogens is 6. The Morgan fingerprint density at radius 2 is 0.614 bits per heavy atom. The minimum absolute atomic E-state index is 0.0811. The molecular formula is C56H55BF6O5P2. The van der Waals surface area contributed by atoms with Gasteiger partial charge in [0.15, 0.2) is 0 Å². The Hall–Kier alpha value is -5.32. The molecule has 0 atom stereocenters. The van der Waals surface area contributed by atoms with Crippen LogP contribution in [0, 0.1) is 0 Å². The zero-order valence-electron chi connectivity index (χ0n) is 38.6. The molecule has 2 saturated carbocycles. The summed E-state index contributed by atoms with van der Waals surface area (Å²) < 4.78 is 128. The molecule has 0 aromatic heterocycles.